The number of amidine groups is 2. The zero-order valence-electron chi connectivity index (χ0n) is 25.5. The van der Waals surface area contributed by atoms with E-state index in [0.29, 0.717) is 5.84 Å². The first-order valence-electron chi connectivity index (χ1n) is 15.9. The first-order valence-corrected chi connectivity index (χ1v) is 15.9. The van der Waals surface area contributed by atoms with Gasteiger partial charge in [-0.1, -0.05) is 146 Å². The van der Waals surface area contributed by atoms with Gasteiger partial charge in [-0.15, -0.1) is 0 Å². The lowest BCUT2D eigenvalue weighted by atomic mass is 9.96. The Hall–Kier alpha value is -6.26. The van der Waals surface area contributed by atoms with Crippen LogP contribution in [0.3, 0.4) is 0 Å². The molecule has 0 bridgehead atoms. The highest BCUT2D eigenvalue weighted by molar-refractivity contribution is 6.14. The Morgan fingerprint density at radius 2 is 1.15 bits per heavy atom. The van der Waals surface area contributed by atoms with Gasteiger partial charge in [0.25, 0.3) is 0 Å². The quantitative estimate of drug-likeness (QED) is 0.213. The van der Waals surface area contributed by atoms with Crippen LogP contribution < -0.4 is 5.32 Å². The maximum Gasteiger partial charge on any atom is 0.159 e. The van der Waals surface area contributed by atoms with Crippen molar-refractivity contribution in [1.82, 2.24) is 5.32 Å². The van der Waals surface area contributed by atoms with E-state index in [9.17, 15) is 0 Å². The molecule has 2 heterocycles. The van der Waals surface area contributed by atoms with Gasteiger partial charge < -0.3 is 9.73 Å². The number of furan rings is 1. The van der Waals surface area contributed by atoms with E-state index in [0.717, 1.165) is 61.2 Å². The van der Waals surface area contributed by atoms with Crippen molar-refractivity contribution in [1.29, 1.82) is 0 Å². The molecule has 4 heteroatoms. The summed E-state index contributed by atoms with van der Waals surface area (Å²) in [7, 11) is 0. The van der Waals surface area contributed by atoms with Crippen LogP contribution in [0.2, 0.25) is 0 Å². The summed E-state index contributed by atoms with van der Waals surface area (Å²) in [6.45, 7) is 0. The molecular weight excluding hydrogens is 574 g/mol. The first kappa shape index (κ1) is 27.1. The molecule has 47 heavy (non-hydrogen) atoms. The fraction of sp³-hybridized carbons (Fsp3) is 0.0233. The predicted molar refractivity (Wildman–Crippen MR) is 194 cm³/mol. The number of nitrogens with one attached hydrogen (secondary N) is 1. The SMILES string of the molecule is c1ccc(C2=NC(c3cc(-c4ccccc4)cc4oc5ccccc5c34)NC(c3ccc(-c4cccc5ccccc45)cc3)=N2)cc1. The highest BCUT2D eigenvalue weighted by Gasteiger charge is 2.25. The number of rotatable bonds is 5. The van der Waals surface area contributed by atoms with E-state index in [-0.39, 0.29) is 0 Å². The molecule has 8 aromatic rings. The van der Waals surface area contributed by atoms with Gasteiger partial charge in [0.2, 0.25) is 0 Å². The summed E-state index contributed by atoms with van der Waals surface area (Å²) < 4.78 is 6.45. The predicted octanol–water partition coefficient (Wildman–Crippen LogP) is 10.6. The molecule has 0 spiro atoms. The van der Waals surface area contributed by atoms with E-state index in [1.54, 1.807) is 0 Å². The molecule has 9 rings (SSSR count). The molecule has 1 atom stereocenters. The minimum Gasteiger partial charge on any atom is -0.456 e. The van der Waals surface area contributed by atoms with Gasteiger partial charge in [-0.2, -0.15) is 0 Å². The van der Waals surface area contributed by atoms with Crippen LogP contribution in [0.5, 0.6) is 0 Å². The van der Waals surface area contributed by atoms with Crippen molar-refractivity contribution in [2.75, 3.05) is 0 Å². The zero-order valence-corrected chi connectivity index (χ0v) is 25.5. The lowest BCUT2D eigenvalue weighted by molar-refractivity contribution is 0.662. The number of aliphatic imine (C=N–C) groups is 2. The number of hydrogen-bond acceptors (Lipinski definition) is 4. The van der Waals surface area contributed by atoms with Crippen molar-refractivity contribution in [3.63, 3.8) is 0 Å². The van der Waals surface area contributed by atoms with Crippen molar-refractivity contribution < 1.29 is 4.42 Å². The summed E-state index contributed by atoms with van der Waals surface area (Å²) in [5.41, 5.74) is 9.28. The molecule has 0 fully saturated rings. The van der Waals surface area contributed by atoms with Gasteiger partial charge in [-0.05, 0) is 51.2 Å². The van der Waals surface area contributed by atoms with Gasteiger partial charge >= 0.3 is 0 Å². The van der Waals surface area contributed by atoms with Crippen LogP contribution in [0.1, 0.15) is 22.9 Å². The molecule has 0 amide bonds. The van der Waals surface area contributed by atoms with Crippen LogP contribution in [-0.4, -0.2) is 11.7 Å². The fourth-order valence-electron chi connectivity index (χ4n) is 6.66. The first-order chi connectivity index (χ1) is 23.3. The second kappa shape index (κ2) is 11.3. The largest absolute Gasteiger partial charge is 0.456 e. The third kappa shape index (κ3) is 4.88. The third-order valence-electron chi connectivity index (χ3n) is 8.94. The maximum atomic E-state index is 6.45. The van der Waals surface area contributed by atoms with Crippen molar-refractivity contribution in [3.05, 3.63) is 180 Å². The Labute approximate surface area is 272 Å². The van der Waals surface area contributed by atoms with Crippen molar-refractivity contribution in [3.8, 4) is 22.3 Å². The summed E-state index contributed by atoms with van der Waals surface area (Å²) in [4.78, 5) is 10.3. The molecule has 7 aromatic carbocycles. The van der Waals surface area contributed by atoms with E-state index < -0.39 is 6.17 Å². The summed E-state index contributed by atoms with van der Waals surface area (Å²) in [5, 5.41) is 8.32. The van der Waals surface area contributed by atoms with Crippen molar-refractivity contribution >= 4 is 44.4 Å². The van der Waals surface area contributed by atoms with Crippen LogP contribution in [-0.2, 0) is 0 Å². The molecule has 1 aliphatic heterocycles. The van der Waals surface area contributed by atoms with Gasteiger partial charge in [0.1, 0.15) is 23.2 Å². The molecule has 1 aliphatic rings. The van der Waals surface area contributed by atoms with Gasteiger partial charge in [0, 0.05) is 27.5 Å². The molecule has 4 nitrogen and oxygen atoms in total. The Morgan fingerprint density at radius 3 is 1.96 bits per heavy atom. The Morgan fingerprint density at radius 1 is 0.489 bits per heavy atom. The average Bonchev–Trinajstić information content (AvgIpc) is 3.53. The van der Waals surface area contributed by atoms with Gasteiger partial charge in [0.15, 0.2) is 5.84 Å². The smallest absolute Gasteiger partial charge is 0.159 e. The second-order valence-electron chi connectivity index (χ2n) is 11.8. The minimum absolute atomic E-state index is 0.400. The third-order valence-corrected chi connectivity index (χ3v) is 8.94. The van der Waals surface area contributed by atoms with Crippen LogP contribution in [0, 0.1) is 0 Å². The molecule has 222 valence electrons. The summed E-state index contributed by atoms with van der Waals surface area (Å²) in [6.07, 6.45) is -0.400. The fourth-order valence-corrected chi connectivity index (χ4v) is 6.66. The highest BCUT2D eigenvalue weighted by Crippen LogP contribution is 2.39. The molecule has 0 radical (unpaired) electrons. The topological polar surface area (TPSA) is 49.9 Å². The number of para-hydroxylation sites is 1. The van der Waals surface area contributed by atoms with E-state index in [1.165, 1.54) is 16.3 Å². The maximum absolute atomic E-state index is 6.45. The number of nitrogens with zero attached hydrogens (tertiary/aromatic N) is 2. The standard InChI is InChI=1S/C43H29N3O/c1-3-12-28(13-4-1)33-26-37(40-36-19-9-10-21-38(36)47-39(40)27-33)43-45-41(31-15-5-2-6-16-31)44-42(46-43)32-24-22-30(23-25-32)35-20-11-17-29-14-7-8-18-34(29)35/h1-27,43H,(H,44,45,46). The molecule has 1 unspecified atom stereocenters. The van der Waals surface area contributed by atoms with Crippen molar-refractivity contribution in [2.24, 2.45) is 9.98 Å². The lowest BCUT2D eigenvalue weighted by Gasteiger charge is -2.25. The van der Waals surface area contributed by atoms with E-state index >= 15 is 0 Å². The van der Waals surface area contributed by atoms with Crippen LogP contribution in [0.25, 0.3) is 55.0 Å². The Kier molecular flexibility index (Phi) is 6.50. The van der Waals surface area contributed by atoms with Crippen LogP contribution >= 0.6 is 0 Å². The van der Waals surface area contributed by atoms with Gasteiger partial charge in [0.05, 0.1) is 0 Å². The number of fused-ring (bicyclic) bond motifs is 4. The van der Waals surface area contributed by atoms with Crippen LogP contribution in [0.15, 0.2) is 178 Å². The molecular formula is C43H29N3O. The minimum atomic E-state index is -0.400. The molecule has 1 aromatic heterocycles. The second-order valence-corrected chi connectivity index (χ2v) is 11.8. The van der Waals surface area contributed by atoms with Gasteiger partial charge in [-0.25, -0.2) is 9.98 Å². The highest BCUT2D eigenvalue weighted by atomic mass is 16.3. The number of hydrogen-bond donors (Lipinski definition) is 1. The normalized spacial score (nSPS) is 14.6. The van der Waals surface area contributed by atoms with E-state index in [2.05, 4.69) is 133 Å². The Balaban J connectivity index is 1.19. The van der Waals surface area contributed by atoms with E-state index in [1.807, 2.05) is 36.4 Å². The molecule has 0 saturated heterocycles. The molecule has 1 N–H and O–H groups in total. The summed E-state index contributed by atoms with van der Waals surface area (Å²) in [6, 6.07) is 56.9. The van der Waals surface area contributed by atoms with Gasteiger partial charge in [-0.3, -0.25) is 0 Å². The zero-order chi connectivity index (χ0) is 31.2. The average molecular weight is 604 g/mol. The van der Waals surface area contributed by atoms with Crippen LogP contribution in [0.4, 0.5) is 0 Å². The lowest BCUT2D eigenvalue weighted by Crippen LogP contribution is -2.33. The van der Waals surface area contributed by atoms with Crippen molar-refractivity contribution in [2.45, 2.75) is 6.17 Å². The summed E-state index contributed by atoms with van der Waals surface area (Å²) in [5.74, 6) is 1.47. The summed E-state index contributed by atoms with van der Waals surface area (Å²) >= 11 is 0. The molecule has 0 aliphatic carbocycles. The number of benzene rings is 7. The molecule has 0 saturated carbocycles. The van der Waals surface area contributed by atoms with E-state index in [4.69, 9.17) is 14.4 Å². The monoisotopic (exact) mass is 603 g/mol. The Bertz CT molecular complexity index is 2470.